The summed E-state index contributed by atoms with van der Waals surface area (Å²) in [6, 6.07) is 5.28. The van der Waals surface area contributed by atoms with Crippen molar-refractivity contribution in [3.8, 4) is 5.69 Å². The Balaban J connectivity index is 1.66. The number of rotatable bonds is 5. The van der Waals surface area contributed by atoms with Gasteiger partial charge in [0.2, 0.25) is 11.3 Å². The van der Waals surface area contributed by atoms with Crippen LogP contribution in [0.3, 0.4) is 0 Å². The third kappa shape index (κ3) is 5.37. The average molecular weight is 576 g/mol. The van der Waals surface area contributed by atoms with Crippen molar-refractivity contribution >= 4 is 28.7 Å². The summed E-state index contributed by atoms with van der Waals surface area (Å²) in [6.45, 7) is -0.116. The summed E-state index contributed by atoms with van der Waals surface area (Å²) < 4.78 is 84.4. The van der Waals surface area contributed by atoms with Crippen LogP contribution in [0.1, 0.15) is 28.4 Å². The predicted octanol–water partition coefficient (Wildman–Crippen LogP) is 3.93. The van der Waals surface area contributed by atoms with Crippen molar-refractivity contribution in [2.24, 2.45) is 0 Å². The molecule has 1 saturated heterocycles. The van der Waals surface area contributed by atoms with Crippen molar-refractivity contribution in [1.82, 2.24) is 14.9 Å². The van der Waals surface area contributed by atoms with E-state index in [-0.39, 0.29) is 29.8 Å². The number of nitrogens with zero attached hydrogens (tertiary/aromatic N) is 3. The quantitative estimate of drug-likeness (QED) is 0.351. The van der Waals surface area contributed by atoms with Crippen LogP contribution in [-0.2, 0) is 4.79 Å². The lowest BCUT2D eigenvalue weighted by Crippen LogP contribution is -2.40. The van der Waals surface area contributed by atoms with Crippen LogP contribution in [0.4, 0.5) is 32.2 Å². The first-order chi connectivity index (χ1) is 19.3. The van der Waals surface area contributed by atoms with E-state index in [9.17, 15) is 45.8 Å². The fraction of sp³-hybridized carbons (Fsp3) is 0.185. The lowest BCUT2D eigenvalue weighted by Gasteiger charge is -2.22. The van der Waals surface area contributed by atoms with E-state index in [1.165, 1.54) is 6.07 Å². The van der Waals surface area contributed by atoms with Gasteiger partial charge in [-0.1, -0.05) is 12.1 Å². The van der Waals surface area contributed by atoms with E-state index in [4.69, 9.17) is 0 Å². The Bertz CT molecular complexity index is 1740. The van der Waals surface area contributed by atoms with Gasteiger partial charge in [0, 0.05) is 12.3 Å². The van der Waals surface area contributed by atoms with E-state index in [1.54, 1.807) is 5.32 Å². The Morgan fingerprint density at radius 1 is 1.00 bits per heavy atom. The number of benzene rings is 2. The first-order valence-corrected chi connectivity index (χ1v) is 12.0. The van der Waals surface area contributed by atoms with Crippen molar-refractivity contribution in [2.75, 3.05) is 11.4 Å². The molecule has 0 bridgehead atoms. The second-order valence-electron chi connectivity index (χ2n) is 9.24. The minimum atomic E-state index is -5.05. The van der Waals surface area contributed by atoms with Gasteiger partial charge in [-0.05, 0) is 42.0 Å². The number of alkyl halides is 3. The van der Waals surface area contributed by atoms with Crippen molar-refractivity contribution < 1.29 is 41.0 Å². The van der Waals surface area contributed by atoms with Crippen LogP contribution in [0.5, 0.6) is 0 Å². The van der Waals surface area contributed by atoms with Gasteiger partial charge in [0.05, 0.1) is 30.1 Å². The molecule has 2 aromatic carbocycles. The van der Waals surface area contributed by atoms with Crippen LogP contribution in [0.2, 0.25) is 0 Å². The minimum Gasteiger partial charge on any atom is -0.391 e. The second kappa shape index (κ2) is 10.4. The number of aliphatic hydroxyl groups excluding tert-OH is 1. The largest absolute Gasteiger partial charge is 0.412 e. The summed E-state index contributed by atoms with van der Waals surface area (Å²) in [6.07, 6.45) is -5.46. The Morgan fingerprint density at radius 2 is 1.68 bits per heavy atom. The van der Waals surface area contributed by atoms with Crippen LogP contribution in [0.25, 0.3) is 16.7 Å². The maximum Gasteiger partial charge on any atom is 0.412 e. The van der Waals surface area contributed by atoms with Crippen molar-refractivity contribution in [3.05, 3.63) is 99.6 Å². The van der Waals surface area contributed by atoms with Gasteiger partial charge in [0.1, 0.15) is 28.8 Å². The minimum absolute atomic E-state index is 0.0274. The second-order valence-corrected chi connectivity index (χ2v) is 9.24. The van der Waals surface area contributed by atoms with Gasteiger partial charge in [0.15, 0.2) is 11.7 Å². The number of β-amino-alcohol motifs (C(OH)–C–C–N with tert-alkyl or cyclic N) is 1. The van der Waals surface area contributed by atoms with Gasteiger partial charge in [0.25, 0.3) is 5.91 Å². The Kier molecular flexibility index (Phi) is 7.03. The number of aliphatic hydroxyl groups is 1. The van der Waals surface area contributed by atoms with Gasteiger partial charge in [-0.2, -0.15) is 13.2 Å². The molecule has 4 aromatic rings. The third-order valence-corrected chi connectivity index (χ3v) is 6.44. The number of hydrogen-bond donors (Lipinski definition) is 2. The number of halogens is 6. The molecule has 14 heteroatoms. The molecular weight excluding hydrogens is 558 g/mol. The molecule has 1 aliphatic rings. The summed E-state index contributed by atoms with van der Waals surface area (Å²) in [7, 11) is 0. The normalized spacial score (nSPS) is 16.3. The van der Waals surface area contributed by atoms with E-state index in [0.717, 1.165) is 58.1 Å². The van der Waals surface area contributed by atoms with Crippen LogP contribution < -0.4 is 15.6 Å². The van der Waals surface area contributed by atoms with Crippen LogP contribution in [0, 0.1) is 17.5 Å². The van der Waals surface area contributed by atoms with Crippen LogP contribution in [-0.4, -0.2) is 45.3 Å². The molecule has 3 heterocycles. The van der Waals surface area contributed by atoms with Crippen molar-refractivity contribution in [2.45, 2.75) is 24.7 Å². The molecule has 5 rings (SSSR count). The number of anilines is 1. The van der Waals surface area contributed by atoms with Crippen molar-refractivity contribution in [3.63, 3.8) is 0 Å². The maximum absolute atomic E-state index is 14.9. The highest BCUT2D eigenvalue weighted by molar-refractivity contribution is 5.99. The number of aromatic nitrogens is 2. The summed E-state index contributed by atoms with van der Waals surface area (Å²) in [5.74, 6) is -4.91. The lowest BCUT2D eigenvalue weighted by atomic mass is 10.1. The SMILES string of the molecule is O=C(NC(c1ccc(F)cc1)C(F)(F)F)c1cn(-c2ccc(F)cc2F)c2nc(N3CC(O)CC3=O)ccc2c1=O. The Morgan fingerprint density at radius 3 is 2.29 bits per heavy atom. The van der Waals surface area contributed by atoms with Crippen LogP contribution in [0.15, 0.2) is 65.6 Å². The fourth-order valence-corrected chi connectivity index (χ4v) is 4.49. The van der Waals surface area contributed by atoms with Gasteiger partial charge in [-0.3, -0.25) is 23.9 Å². The zero-order valence-corrected chi connectivity index (χ0v) is 20.6. The number of pyridine rings is 2. The molecule has 2 aromatic heterocycles. The molecule has 0 radical (unpaired) electrons. The smallest absolute Gasteiger partial charge is 0.391 e. The molecule has 212 valence electrons. The van der Waals surface area contributed by atoms with Gasteiger partial charge < -0.3 is 10.4 Å². The summed E-state index contributed by atoms with van der Waals surface area (Å²) in [5, 5.41) is 11.2. The highest BCUT2D eigenvalue weighted by Gasteiger charge is 2.42. The Labute approximate surface area is 226 Å². The highest BCUT2D eigenvalue weighted by Crippen LogP contribution is 2.33. The zero-order valence-electron chi connectivity index (χ0n) is 20.6. The van der Waals surface area contributed by atoms with E-state index in [2.05, 4.69) is 4.98 Å². The molecule has 0 saturated carbocycles. The molecule has 41 heavy (non-hydrogen) atoms. The molecule has 2 atom stereocenters. The summed E-state index contributed by atoms with van der Waals surface area (Å²) >= 11 is 0. The highest BCUT2D eigenvalue weighted by atomic mass is 19.4. The Hall–Kier alpha value is -4.72. The third-order valence-electron chi connectivity index (χ3n) is 6.44. The molecule has 0 aliphatic carbocycles. The van der Waals surface area contributed by atoms with E-state index >= 15 is 0 Å². The topological polar surface area (TPSA) is 105 Å². The number of nitrogens with one attached hydrogen (secondary N) is 1. The number of amides is 2. The molecule has 0 spiro atoms. The number of hydrogen-bond acceptors (Lipinski definition) is 5. The fourth-order valence-electron chi connectivity index (χ4n) is 4.49. The lowest BCUT2D eigenvalue weighted by molar-refractivity contribution is -0.155. The first-order valence-electron chi connectivity index (χ1n) is 12.0. The van der Waals surface area contributed by atoms with Crippen LogP contribution >= 0.6 is 0 Å². The monoisotopic (exact) mass is 576 g/mol. The molecule has 1 aliphatic heterocycles. The van der Waals surface area contributed by atoms with Gasteiger partial charge in [-0.15, -0.1) is 0 Å². The average Bonchev–Trinajstić information content (AvgIpc) is 3.25. The molecule has 2 N–H and O–H groups in total. The first kappa shape index (κ1) is 27.8. The van der Waals surface area contributed by atoms with E-state index in [1.807, 2.05) is 0 Å². The zero-order chi connectivity index (χ0) is 29.6. The summed E-state index contributed by atoms with van der Waals surface area (Å²) in [5.41, 5.74) is -3.12. The molecule has 1 fully saturated rings. The molecule has 2 amide bonds. The van der Waals surface area contributed by atoms with E-state index < -0.39 is 69.8 Å². The van der Waals surface area contributed by atoms with Gasteiger partial charge in [-0.25, -0.2) is 18.2 Å². The number of carbonyl (C=O) groups is 2. The van der Waals surface area contributed by atoms with Gasteiger partial charge >= 0.3 is 6.18 Å². The standard InChI is InChI=1S/C27H18F6N4O4/c28-14-3-1-13(2-4-14)24(27(31,32)33)35-26(41)18-12-36(20-7-5-15(29)9-19(20)30)25-17(23(18)40)6-8-21(34-25)37-11-16(38)10-22(37)39/h1-9,12,16,24,38H,10-11H2,(H,35,41). The maximum atomic E-state index is 14.9. The molecular formula is C27H18F6N4O4. The molecule has 8 nitrogen and oxygen atoms in total. The number of carbonyl (C=O) groups excluding carboxylic acids is 2. The van der Waals surface area contributed by atoms with E-state index in [0.29, 0.717) is 6.07 Å². The van der Waals surface area contributed by atoms with Crippen molar-refractivity contribution in [1.29, 1.82) is 0 Å². The number of fused-ring (bicyclic) bond motifs is 1. The summed E-state index contributed by atoms with van der Waals surface area (Å²) in [4.78, 5) is 44.1. The molecule has 2 unspecified atom stereocenters. The predicted molar refractivity (Wildman–Crippen MR) is 133 cm³/mol.